The molecule has 0 heterocycles. The molecule has 0 spiro atoms. The molecule has 0 saturated carbocycles. The van der Waals surface area contributed by atoms with Gasteiger partial charge in [0.05, 0.1) is 13.7 Å². The number of methoxy groups -OCH3 is 1. The lowest BCUT2D eigenvalue weighted by atomic mass is 10.1. The molecule has 0 atom stereocenters. The number of aryl methyl sites for hydroxylation is 1. The molecule has 0 aliphatic carbocycles. The molecule has 2 aromatic rings. The zero-order chi connectivity index (χ0) is 16.5. The van der Waals surface area contributed by atoms with Crippen LogP contribution in [0.3, 0.4) is 0 Å². The van der Waals surface area contributed by atoms with Crippen molar-refractivity contribution in [1.29, 1.82) is 0 Å². The Morgan fingerprint density at radius 1 is 1.04 bits per heavy atom. The van der Waals surface area contributed by atoms with Crippen LogP contribution in [-0.4, -0.2) is 19.6 Å². The fourth-order valence-corrected chi connectivity index (χ4v) is 2.23. The Kier molecular flexibility index (Phi) is 9.22. The van der Waals surface area contributed by atoms with Gasteiger partial charge in [0.1, 0.15) is 5.75 Å². The number of para-hydroxylation sites is 1. The molecule has 0 bridgehead atoms. The summed E-state index contributed by atoms with van der Waals surface area (Å²) in [7, 11) is 1.69. The first-order valence-corrected chi connectivity index (χ1v) is 7.92. The van der Waals surface area contributed by atoms with Crippen molar-refractivity contribution in [2.24, 2.45) is 4.99 Å². The van der Waals surface area contributed by atoms with Crippen LogP contribution in [0.2, 0.25) is 0 Å². The Balaban J connectivity index is 0.00000288. The Labute approximate surface area is 161 Å². The highest BCUT2D eigenvalue weighted by Gasteiger charge is 2.03. The van der Waals surface area contributed by atoms with Gasteiger partial charge in [-0.2, -0.15) is 0 Å². The summed E-state index contributed by atoms with van der Waals surface area (Å²) in [6, 6.07) is 16.4. The number of nitrogens with zero attached hydrogens (tertiary/aromatic N) is 1. The highest BCUT2D eigenvalue weighted by Crippen LogP contribution is 2.16. The Hall–Kier alpha value is -1.76. The minimum atomic E-state index is 0. The van der Waals surface area contributed by atoms with E-state index in [-0.39, 0.29) is 24.0 Å². The van der Waals surface area contributed by atoms with E-state index in [1.807, 2.05) is 18.2 Å². The van der Waals surface area contributed by atoms with Crippen molar-refractivity contribution in [3.63, 3.8) is 0 Å². The van der Waals surface area contributed by atoms with E-state index in [0.717, 1.165) is 23.8 Å². The summed E-state index contributed by atoms with van der Waals surface area (Å²) >= 11 is 0. The van der Waals surface area contributed by atoms with Crippen molar-refractivity contribution >= 4 is 29.9 Å². The van der Waals surface area contributed by atoms with Crippen LogP contribution in [0.4, 0.5) is 0 Å². The summed E-state index contributed by atoms with van der Waals surface area (Å²) in [5.41, 5.74) is 3.57. The molecule has 0 aliphatic rings. The third-order valence-electron chi connectivity index (χ3n) is 3.52. The summed E-state index contributed by atoms with van der Waals surface area (Å²) in [4.78, 5) is 4.64. The summed E-state index contributed by atoms with van der Waals surface area (Å²) in [5.74, 6) is 1.69. The number of rotatable bonds is 6. The predicted molar refractivity (Wildman–Crippen MR) is 111 cm³/mol. The standard InChI is InChI=1S/C19H25N3O.HI/c1-4-20-19(21-13-16-11-9-15(2)10-12-16)22-14-17-7-5-6-8-18(17)23-3;/h5-12H,4,13-14H2,1-3H3,(H2,20,21,22);1H. The van der Waals surface area contributed by atoms with Crippen molar-refractivity contribution in [1.82, 2.24) is 10.6 Å². The van der Waals surface area contributed by atoms with Crippen LogP contribution in [-0.2, 0) is 13.1 Å². The first-order chi connectivity index (χ1) is 11.2. The number of guanidine groups is 1. The molecular formula is C19H26IN3O. The van der Waals surface area contributed by atoms with Crippen molar-refractivity contribution in [3.8, 4) is 5.75 Å². The van der Waals surface area contributed by atoms with Gasteiger partial charge in [0.15, 0.2) is 5.96 Å². The van der Waals surface area contributed by atoms with Crippen LogP contribution in [0.15, 0.2) is 53.5 Å². The van der Waals surface area contributed by atoms with Gasteiger partial charge >= 0.3 is 0 Å². The van der Waals surface area contributed by atoms with Gasteiger partial charge in [0, 0.05) is 18.7 Å². The van der Waals surface area contributed by atoms with Crippen LogP contribution < -0.4 is 15.4 Å². The largest absolute Gasteiger partial charge is 0.496 e. The second-order valence-corrected chi connectivity index (χ2v) is 5.35. The lowest BCUT2D eigenvalue weighted by Crippen LogP contribution is -2.36. The predicted octanol–water partition coefficient (Wildman–Crippen LogP) is 3.88. The molecule has 2 aromatic carbocycles. The molecule has 2 rings (SSSR count). The summed E-state index contributed by atoms with van der Waals surface area (Å²) in [5, 5.41) is 6.62. The van der Waals surface area contributed by atoms with Gasteiger partial charge < -0.3 is 15.4 Å². The summed E-state index contributed by atoms with van der Waals surface area (Å²) < 4.78 is 5.38. The van der Waals surface area contributed by atoms with Crippen molar-refractivity contribution < 1.29 is 4.74 Å². The third kappa shape index (κ3) is 6.39. The normalized spacial score (nSPS) is 10.7. The van der Waals surface area contributed by atoms with Crippen molar-refractivity contribution in [2.45, 2.75) is 26.9 Å². The molecular weight excluding hydrogens is 413 g/mol. The van der Waals surface area contributed by atoms with E-state index in [0.29, 0.717) is 13.1 Å². The van der Waals surface area contributed by atoms with E-state index in [4.69, 9.17) is 4.74 Å². The Morgan fingerprint density at radius 3 is 2.42 bits per heavy atom. The first kappa shape index (κ1) is 20.3. The van der Waals surface area contributed by atoms with Crippen LogP contribution >= 0.6 is 24.0 Å². The molecule has 0 radical (unpaired) electrons. The maximum Gasteiger partial charge on any atom is 0.191 e. The molecule has 0 fully saturated rings. The van der Waals surface area contributed by atoms with E-state index in [1.165, 1.54) is 11.1 Å². The van der Waals surface area contributed by atoms with E-state index in [9.17, 15) is 0 Å². The number of aliphatic imine (C=N–C) groups is 1. The molecule has 0 aliphatic heterocycles. The van der Waals surface area contributed by atoms with Crippen LogP contribution in [0.1, 0.15) is 23.6 Å². The monoisotopic (exact) mass is 439 g/mol. The van der Waals surface area contributed by atoms with Gasteiger partial charge in [-0.3, -0.25) is 0 Å². The van der Waals surface area contributed by atoms with Crippen molar-refractivity contribution in [3.05, 3.63) is 65.2 Å². The SMILES string of the molecule is CCNC(=NCc1ccc(C)cc1)NCc1ccccc1OC.I. The molecule has 5 heteroatoms. The quantitative estimate of drug-likeness (QED) is 0.408. The van der Waals surface area contributed by atoms with Gasteiger partial charge in [-0.05, 0) is 25.5 Å². The summed E-state index contributed by atoms with van der Waals surface area (Å²) in [6.07, 6.45) is 0. The second kappa shape index (κ2) is 10.9. The number of hydrogen-bond donors (Lipinski definition) is 2. The fraction of sp³-hybridized carbons (Fsp3) is 0.316. The maximum atomic E-state index is 5.38. The second-order valence-electron chi connectivity index (χ2n) is 5.35. The smallest absolute Gasteiger partial charge is 0.191 e. The fourth-order valence-electron chi connectivity index (χ4n) is 2.23. The highest BCUT2D eigenvalue weighted by atomic mass is 127. The van der Waals surface area contributed by atoms with Gasteiger partial charge in [-0.25, -0.2) is 4.99 Å². The number of halogens is 1. The minimum Gasteiger partial charge on any atom is -0.496 e. The average molecular weight is 439 g/mol. The number of nitrogens with one attached hydrogen (secondary N) is 2. The molecule has 0 amide bonds. The highest BCUT2D eigenvalue weighted by molar-refractivity contribution is 14.0. The molecule has 0 saturated heterocycles. The lowest BCUT2D eigenvalue weighted by molar-refractivity contribution is 0.409. The molecule has 24 heavy (non-hydrogen) atoms. The lowest BCUT2D eigenvalue weighted by Gasteiger charge is -2.13. The molecule has 2 N–H and O–H groups in total. The zero-order valence-corrected chi connectivity index (χ0v) is 16.8. The molecule has 0 aromatic heterocycles. The maximum absolute atomic E-state index is 5.38. The van der Waals surface area contributed by atoms with Gasteiger partial charge in [0.25, 0.3) is 0 Å². The number of benzene rings is 2. The molecule has 4 nitrogen and oxygen atoms in total. The number of ether oxygens (including phenoxy) is 1. The zero-order valence-electron chi connectivity index (χ0n) is 14.5. The Morgan fingerprint density at radius 2 is 1.75 bits per heavy atom. The third-order valence-corrected chi connectivity index (χ3v) is 3.52. The minimum absolute atomic E-state index is 0. The number of hydrogen-bond acceptors (Lipinski definition) is 2. The van der Waals surface area contributed by atoms with Crippen LogP contribution in [0.25, 0.3) is 0 Å². The Bertz CT molecular complexity index is 641. The average Bonchev–Trinajstić information content (AvgIpc) is 2.59. The van der Waals surface area contributed by atoms with E-state index < -0.39 is 0 Å². The van der Waals surface area contributed by atoms with Gasteiger partial charge in [0.2, 0.25) is 0 Å². The van der Waals surface area contributed by atoms with Crippen LogP contribution in [0.5, 0.6) is 5.75 Å². The van der Waals surface area contributed by atoms with Crippen molar-refractivity contribution in [2.75, 3.05) is 13.7 Å². The van der Waals surface area contributed by atoms with E-state index in [2.05, 4.69) is 59.8 Å². The van der Waals surface area contributed by atoms with E-state index in [1.54, 1.807) is 7.11 Å². The molecule has 0 unspecified atom stereocenters. The topological polar surface area (TPSA) is 45.7 Å². The first-order valence-electron chi connectivity index (χ1n) is 7.92. The van der Waals surface area contributed by atoms with Gasteiger partial charge in [-0.15, -0.1) is 24.0 Å². The van der Waals surface area contributed by atoms with E-state index >= 15 is 0 Å². The molecule has 130 valence electrons. The van der Waals surface area contributed by atoms with Crippen LogP contribution in [0, 0.1) is 6.92 Å². The summed E-state index contributed by atoms with van der Waals surface area (Å²) in [6.45, 7) is 6.30. The van der Waals surface area contributed by atoms with Gasteiger partial charge in [-0.1, -0.05) is 48.0 Å².